The summed E-state index contributed by atoms with van der Waals surface area (Å²) in [5.74, 6) is -0.459. The second-order valence-corrected chi connectivity index (χ2v) is 8.43. The second-order valence-electron chi connectivity index (χ2n) is 7.57. The van der Waals surface area contributed by atoms with Gasteiger partial charge in [0.05, 0.1) is 0 Å². The van der Waals surface area contributed by atoms with Crippen molar-refractivity contribution < 1.29 is 9.18 Å². The summed E-state index contributed by atoms with van der Waals surface area (Å²) >= 11 is 1.29. The molecule has 1 amide bonds. The van der Waals surface area contributed by atoms with Crippen LogP contribution in [0.15, 0.2) is 60.0 Å². The van der Waals surface area contributed by atoms with Crippen molar-refractivity contribution >= 4 is 17.2 Å². The van der Waals surface area contributed by atoms with Gasteiger partial charge in [-0.3, -0.25) is 15.6 Å². The summed E-state index contributed by atoms with van der Waals surface area (Å²) in [6, 6.07) is 17.6. The summed E-state index contributed by atoms with van der Waals surface area (Å²) < 4.78 is 14.0. The predicted molar refractivity (Wildman–Crippen MR) is 118 cm³/mol. The number of hydrogen-bond donors (Lipinski definition) is 2. The summed E-state index contributed by atoms with van der Waals surface area (Å²) in [7, 11) is 1.79. The first-order chi connectivity index (χ1) is 14.6. The van der Waals surface area contributed by atoms with Crippen molar-refractivity contribution in [2.45, 2.75) is 31.3 Å². The topological polar surface area (TPSA) is 57.3 Å². The molecule has 1 aliphatic rings. The van der Waals surface area contributed by atoms with Gasteiger partial charge in [-0.1, -0.05) is 42.5 Å². The Bertz CT molecular complexity index is 994. The first kappa shape index (κ1) is 20.7. The van der Waals surface area contributed by atoms with Crippen LogP contribution in [0.25, 0.3) is 10.6 Å². The number of nitrogens with zero attached hydrogens (tertiary/aromatic N) is 2. The average Bonchev–Trinajstić information content (AvgIpc) is 3.44. The third-order valence-electron chi connectivity index (χ3n) is 5.40. The van der Waals surface area contributed by atoms with E-state index in [4.69, 9.17) is 0 Å². The third-order valence-corrected chi connectivity index (χ3v) is 6.28. The van der Waals surface area contributed by atoms with Crippen LogP contribution in [0.2, 0.25) is 0 Å². The van der Waals surface area contributed by atoms with Crippen LogP contribution >= 0.6 is 11.3 Å². The maximum absolute atomic E-state index is 14.0. The molecule has 2 unspecified atom stereocenters. The molecule has 3 aromatic rings. The molecule has 2 atom stereocenters. The number of nitrogens with one attached hydrogen (secondary N) is 2. The molecule has 5 nitrogen and oxygen atoms in total. The molecule has 156 valence electrons. The van der Waals surface area contributed by atoms with Crippen molar-refractivity contribution in [3.63, 3.8) is 0 Å². The molecule has 1 aliphatic heterocycles. The molecule has 2 aromatic carbocycles. The molecule has 30 heavy (non-hydrogen) atoms. The summed E-state index contributed by atoms with van der Waals surface area (Å²) in [5.41, 5.74) is 8.81. The van der Waals surface area contributed by atoms with Crippen molar-refractivity contribution in [2.75, 3.05) is 13.6 Å². The van der Waals surface area contributed by atoms with Crippen LogP contribution in [0.4, 0.5) is 4.39 Å². The Hall–Kier alpha value is -2.61. The number of aromatic nitrogens is 1. The highest BCUT2D eigenvalue weighted by atomic mass is 32.1. The van der Waals surface area contributed by atoms with E-state index in [1.165, 1.54) is 23.0 Å². The normalized spacial score (nSPS) is 18.5. The van der Waals surface area contributed by atoms with Crippen molar-refractivity contribution in [1.82, 2.24) is 20.7 Å². The highest BCUT2D eigenvalue weighted by molar-refractivity contribution is 7.13. The van der Waals surface area contributed by atoms with Crippen molar-refractivity contribution in [2.24, 2.45) is 0 Å². The van der Waals surface area contributed by atoms with Gasteiger partial charge in [0.25, 0.3) is 5.91 Å². The number of carbonyl (C=O) groups excluding carboxylic acids is 1. The van der Waals surface area contributed by atoms with Crippen LogP contribution in [0.5, 0.6) is 0 Å². The molecule has 1 saturated heterocycles. The van der Waals surface area contributed by atoms with E-state index in [0.717, 1.165) is 19.3 Å². The van der Waals surface area contributed by atoms with Crippen molar-refractivity contribution in [3.05, 3.63) is 77.1 Å². The lowest BCUT2D eigenvalue weighted by atomic mass is 10.00. The number of rotatable bonds is 7. The van der Waals surface area contributed by atoms with Crippen LogP contribution in [0, 0.1) is 5.82 Å². The highest BCUT2D eigenvalue weighted by Crippen LogP contribution is 2.27. The van der Waals surface area contributed by atoms with Gasteiger partial charge >= 0.3 is 0 Å². The zero-order valence-corrected chi connectivity index (χ0v) is 17.7. The van der Waals surface area contributed by atoms with E-state index in [0.29, 0.717) is 34.9 Å². The van der Waals surface area contributed by atoms with Gasteiger partial charge in [-0.2, -0.15) is 0 Å². The summed E-state index contributed by atoms with van der Waals surface area (Å²) in [6.45, 7) is 0.652. The SMILES string of the molecule is CN(CCCC1CC(c2ccccc2)NN1)C(=O)c1csc(-c2ccccc2F)n1. The molecule has 0 aliphatic carbocycles. The fourth-order valence-electron chi connectivity index (χ4n) is 3.72. The molecule has 0 spiro atoms. The third kappa shape index (κ3) is 4.75. The van der Waals surface area contributed by atoms with Crippen molar-refractivity contribution in [3.8, 4) is 10.6 Å². The first-order valence-corrected chi connectivity index (χ1v) is 11.0. The van der Waals surface area contributed by atoms with E-state index >= 15 is 0 Å². The minimum Gasteiger partial charge on any atom is -0.340 e. The molecule has 7 heteroatoms. The van der Waals surface area contributed by atoms with E-state index in [1.807, 2.05) is 6.07 Å². The number of amides is 1. The van der Waals surface area contributed by atoms with E-state index < -0.39 is 0 Å². The zero-order valence-electron chi connectivity index (χ0n) is 16.8. The predicted octanol–water partition coefficient (Wildman–Crippen LogP) is 4.41. The lowest BCUT2D eigenvalue weighted by Gasteiger charge is -2.17. The van der Waals surface area contributed by atoms with Gasteiger partial charge in [0.2, 0.25) is 0 Å². The summed E-state index contributed by atoms with van der Waals surface area (Å²) in [5, 5.41) is 2.23. The van der Waals surface area contributed by atoms with Crippen molar-refractivity contribution in [1.29, 1.82) is 0 Å². The van der Waals surface area contributed by atoms with E-state index in [2.05, 4.69) is 40.1 Å². The molecule has 0 saturated carbocycles. The fourth-order valence-corrected chi connectivity index (χ4v) is 4.54. The average molecular weight is 425 g/mol. The summed E-state index contributed by atoms with van der Waals surface area (Å²) in [4.78, 5) is 18.7. The smallest absolute Gasteiger partial charge is 0.273 e. The Morgan fingerprint density at radius 1 is 1.17 bits per heavy atom. The second kappa shape index (κ2) is 9.47. The molecular formula is C23H25FN4OS. The van der Waals surface area contributed by atoms with E-state index in [9.17, 15) is 9.18 Å². The number of thiazole rings is 1. The Morgan fingerprint density at radius 3 is 2.73 bits per heavy atom. The zero-order chi connectivity index (χ0) is 20.9. The molecule has 0 bridgehead atoms. The summed E-state index contributed by atoms with van der Waals surface area (Å²) in [6.07, 6.45) is 2.90. The van der Waals surface area contributed by atoms with E-state index in [1.54, 1.807) is 35.5 Å². The van der Waals surface area contributed by atoms with Crippen LogP contribution in [-0.2, 0) is 0 Å². The maximum Gasteiger partial charge on any atom is 0.273 e. The van der Waals surface area contributed by atoms with Crippen LogP contribution in [0.3, 0.4) is 0 Å². The van der Waals surface area contributed by atoms with Crippen LogP contribution in [-0.4, -0.2) is 35.4 Å². The minimum absolute atomic E-state index is 0.131. The molecular weight excluding hydrogens is 399 g/mol. The molecule has 0 radical (unpaired) electrons. The first-order valence-electron chi connectivity index (χ1n) is 10.1. The minimum atomic E-state index is -0.328. The lowest BCUT2D eigenvalue weighted by molar-refractivity contribution is 0.0787. The Kier molecular flexibility index (Phi) is 6.52. The van der Waals surface area contributed by atoms with Gasteiger partial charge in [-0.25, -0.2) is 9.37 Å². The molecule has 1 fully saturated rings. The number of carbonyl (C=O) groups is 1. The maximum atomic E-state index is 14.0. The molecule has 4 rings (SSSR count). The van der Waals surface area contributed by atoms with Gasteiger partial charge in [-0.05, 0) is 37.0 Å². The Morgan fingerprint density at radius 2 is 1.93 bits per heavy atom. The van der Waals surface area contributed by atoms with Gasteiger partial charge < -0.3 is 4.90 Å². The van der Waals surface area contributed by atoms with Gasteiger partial charge in [-0.15, -0.1) is 11.3 Å². The number of hydrazine groups is 1. The fraction of sp³-hybridized carbons (Fsp3) is 0.304. The highest BCUT2D eigenvalue weighted by Gasteiger charge is 2.25. The monoisotopic (exact) mass is 424 g/mol. The molecule has 2 heterocycles. The number of hydrogen-bond acceptors (Lipinski definition) is 5. The van der Waals surface area contributed by atoms with Crippen LogP contribution < -0.4 is 10.9 Å². The van der Waals surface area contributed by atoms with E-state index in [-0.39, 0.29) is 11.7 Å². The van der Waals surface area contributed by atoms with Crippen LogP contribution in [0.1, 0.15) is 41.4 Å². The van der Waals surface area contributed by atoms with Gasteiger partial charge in [0.15, 0.2) is 0 Å². The van der Waals surface area contributed by atoms with Gasteiger partial charge in [0, 0.05) is 36.6 Å². The quantitative estimate of drug-likeness (QED) is 0.590. The molecule has 2 N–H and O–H groups in total. The Labute approximate surface area is 179 Å². The Balaban J connectivity index is 1.26. The standard InChI is InChI=1S/C23H25FN4OS/c1-28(13-7-10-17-14-20(27-26-17)16-8-3-2-4-9-16)23(29)21-15-30-22(25-21)18-11-5-6-12-19(18)24/h2-6,8-9,11-12,15,17,20,26-27H,7,10,13-14H2,1H3. The molecule has 1 aromatic heterocycles. The van der Waals surface area contributed by atoms with Gasteiger partial charge in [0.1, 0.15) is 16.5 Å². The lowest BCUT2D eigenvalue weighted by Crippen LogP contribution is -2.32. The number of halogens is 1. The number of benzene rings is 2. The largest absolute Gasteiger partial charge is 0.340 e.